The van der Waals surface area contributed by atoms with E-state index in [1.54, 1.807) is 0 Å². The zero-order chi connectivity index (χ0) is 28.5. The summed E-state index contributed by atoms with van der Waals surface area (Å²) in [7, 11) is 0. The Morgan fingerprint density at radius 3 is 2.51 bits per heavy atom. The van der Waals surface area contributed by atoms with Crippen LogP contribution in [0, 0.1) is 20.8 Å². The van der Waals surface area contributed by atoms with Crippen LogP contribution in [0.4, 0.5) is 5.69 Å². The number of hydrogen-bond acceptors (Lipinski definition) is 3. The van der Waals surface area contributed by atoms with Crippen LogP contribution in [-0.4, -0.2) is 32.0 Å². The van der Waals surface area contributed by atoms with Crippen LogP contribution in [0.15, 0.2) is 97.2 Å². The predicted octanol–water partition coefficient (Wildman–Crippen LogP) is 6.95. The van der Waals surface area contributed by atoms with E-state index in [2.05, 4.69) is 87.5 Å². The van der Waals surface area contributed by atoms with Gasteiger partial charge in [-0.05, 0) is 79.8 Å². The Hall–Kier alpha value is -4.49. The third-order valence-corrected chi connectivity index (χ3v) is 8.35. The highest BCUT2D eigenvalue weighted by molar-refractivity contribution is 7.80. The van der Waals surface area contributed by atoms with E-state index in [0.717, 1.165) is 39.6 Å². The number of nitrogens with one attached hydrogen (secondary N) is 2. The van der Waals surface area contributed by atoms with Gasteiger partial charge in [-0.1, -0.05) is 60.7 Å². The number of aromatic nitrogens is 2. The molecule has 5 aromatic rings. The Balaban J connectivity index is 1.37. The van der Waals surface area contributed by atoms with Crippen molar-refractivity contribution in [3.05, 3.63) is 125 Å². The van der Waals surface area contributed by atoms with E-state index < -0.39 is 0 Å². The molecule has 1 aliphatic heterocycles. The number of para-hydroxylation sites is 1. The van der Waals surface area contributed by atoms with Crippen molar-refractivity contribution in [2.24, 2.45) is 0 Å². The zero-order valence-electron chi connectivity index (χ0n) is 23.5. The van der Waals surface area contributed by atoms with E-state index in [1.165, 1.54) is 10.8 Å². The number of amides is 1. The first-order chi connectivity index (χ1) is 19.9. The van der Waals surface area contributed by atoms with Crippen molar-refractivity contribution < 1.29 is 4.79 Å². The van der Waals surface area contributed by atoms with Gasteiger partial charge in [0.25, 0.3) is 0 Å². The lowest BCUT2D eigenvalue weighted by Gasteiger charge is -2.28. The van der Waals surface area contributed by atoms with Crippen LogP contribution in [0.2, 0.25) is 0 Å². The molecule has 1 fully saturated rings. The summed E-state index contributed by atoms with van der Waals surface area (Å²) in [6, 6.07) is 30.7. The number of pyridine rings is 1. The van der Waals surface area contributed by atoms with Gasteiger partial charge in [0.15, 0.2) is 5.11 Å². The predicted molar refractivity (Wildman–Crippen MR) is 169 cm³/mol. The highest BCUT2D eigenvalue weighted by atomic mass is 32.1. The number of rotatable bonds is 7. The fourth-order valence-electron chi connectivity index (χ4n) is 5.99. The number of anilines is 1. The standard InChI is InChI=1S/C34H33N5OS/c1-22-11-4-7-15-28(22)36-31(40)18-20-38-33(32(37-34(38)41)29-16-8-9-19-35-29)27-21-23(2)39(24(27)3)30-17-10-13-25-12-5-6-14-26(25)30/h4-17,19,21,32-33H,18,20H2,1-3H3,(H,36,40)(H,37,41)/t32-,33+/m1/s1. The van der Waals surface area contributed by atoms with Crippen LogP contribution in [0.1, 0.15) is 46.7 Å². The molecule has 1 saturated heterocycles. The van der Waals surface area contributed by atoms with Crippen LogP contribution in [0.5, 0.6) is 0 Å². The second-order valence-electron chi connectivity index (χ2n) is 10.6. The van der Waals surface area contributed by atoms with Crippen molar-refractivity contribution in [2.45, 2.75) is 39.3 Å². The van der Waals surface area contributed by atoms with Gasteiger partial charge in [0.05, 0.1) is 23.5 Å². The van der Waals surface area contributed by atoms with Crippen LogP contribution in [0.3, 0.4) is 0 Å². The lowest BCUT2D eigenvalue weighted by molar-refractivity contribution is -0.116. The Kier molecular flexibility index (Phi) is 7.28. The Bertz CT molecular complexity index is 1740. The summed E-state index contributed by atoms with van der Waals surface area (Å²) < 4.78 is 2.33. The van der Waals surface area contributed by atoms with Crippen molar-refractivity contribution in [2.75, 3.05) is 11.9 Å². The molecule has 1 aliphatic rings. The smallest absolute Gasteiger partial charge is 0.226 e. The molecule has 6 nitrogen and oxygen atoms in total. The summed E-state index contributed by atoms with van der Waals surface area (Å²) in [4.78, 5) is 19.9. The van der Waals surface area contributed by atoms with Gasteiger partial charge < -0.3 is 20.1 Å². The van der Waals surface area contributed by atoms with Crippen molar-refractivity contribution >= 4 is 39.7 Å². The van der Waals surface area contributed by atoms with Gasteiger partial charge in [-0.3, -0.25) is 9.78 Å². The van der Waals surface area contributed by atoms with Gasteiger partial charge in [0.2, 0.25) is 5.91 Å². The monoisotopic (exact) mass is 559 g/mol. The Morgan fingerprint density at radius 2 is 1.71 bits per heavy atom. The van der Waals surface area contributed by atoms with Crippen LogP contribution in [0.25, 0.3) is 16.5 Å². The van der Waals surface area contributed by atoms with Gasteiger partial charge in [0.1, 0.15) is 0 Å². The summed E-state index contributed by atoms with van der Waals surface area (Å²) in [6.45, 7) is 6.79. The van der Waals surface area contributed by atoms with Crippen LogP contribution >= 0.6 is 12.2 Å². The summed E-state index contributed by atoms with van der Waals surface area (Å²) in [6.07, 6.45) is 2.12. The highest BCUT2D eigenvalue weighted by Gasteiger charge is 2.41. The molecule has 0 radical (unpaired) electrons. The Labute approximate surface area is 246 Å². The average Bonchev–Trinajstić information content (AvgIpc) is 3.47. The number of carbonyl (C=O) groups is 1. The molecule has 0 aliphatic carbocycles. The highest BCUT2D eigenvalue weighted by Crippen LogP contribution is 2.42. The van der Waals surface area contributed by atoms with Crippen molar-refractivity contribution in [3.63, 3.8) is 0 Å². The summed E-state index contributed by atoms with van der Waals surface area (Å²) in [5, 5.41) is 9.63. The average molecular weight is 560 g/mol. The molecule has 2 atom stereocenters. The number of thiocarbonyl (C=S) groups is 1. The molecule has 0 spiro atoms. The molecule has 0 unspecified atom stereocenters. The summed E-state index contributed by atoms with van der Waals surface area (Å²) in [5.74, 6) is -0.0386. The minimum absolute atomic E-state index is 0.0386. The molecular formula is C34H33N5OS. The van der Waals surface area contributed by atoms with Gasteiger partial charge in [-0.2, -0.15) is 0 Å². The first kappa shape index (κ1) is 26.7. The molecule has 0 bridgehead atoms. The molecule has 1 amide bonds. The van der Waals surface area contributed by atoms with Crippen molar-refractivity contribution in [1.29, 1.82) is 0 Å². The fraction of sp³-hybridized carbons (Fsp3) is 0.206. The molecule has 3 heterocycles. The molecule has 2 N–H and O–H groups in total. The number of carbonyl (C=O) groups excluding carboxylic acids is 1. The maximum absolute atomic E-state index is 13.0. The van der Waals surface area contributed by atoms with Gasteiger partial charge in [-0.15, -0.1) is 0 Å². The normalized spacial score (nSPS) is 16.7. The van der Waals surface area contributed by atoms with Crippen LogP contribution < -0.4 is 10.6 Å². The first-order valence-electron chi connectivity index (χ1n) is 13.9. The van der Waals surface area contributed by atoms with Gasteiger partial charge in [0, 0.05) is 41.6 Å². The zero-order valence-corrected chi connectivity index (χ0v) is 24.3. The van der Waals surface area contributed by atoms with E-state index in [0.29, 0.717) is 18.1 Å². The molecule has 7 heteroatoms. The molecular weight excluding hydrogens is 526 g/mol. The molecule has 3 aromatic carbocycles. The van der Waals surface area contributed by atoms with Gasteiger partial charge in [-0.25, -0.2) is 0 Å². The number of nitrogens with zero attached hydrogens (tertiary/aromatic N) is 3. The second kappa shape index (κ2) is 11.2. The number of hydrogen-bond donors (Lipinski definition) is 2. The molecule has 0 saturated carbocycles. The lowest BCUT2D eigenvalue weighted by atomic mass is 9.96. The summed E-state index contributed by atoms with van der Waals surface area (Å²) >= 11 is 5.89. The lowest BCUT2D eigenvalue weighted by Crippen LogP contribution is -2.33. The quantitative estimate of drug-likeness (QED) is 0.211. The minimum Gasteiger partial charge on any atom is -0.352 e. The Morgan fingerprint density at radius 1 is 0.951 bits per heavy atom. The van der Waals surface area contributed by atoms with E-state index in [-0.39, 0.29) is 18.0 Å². The largest absolute Gasteiger partial charge is 0.352 e. The van der Waals surface area contributed by atoms with Crippen molar-refractivity contribution in [1.82, 2.24) is 19.8 Å². The van der Waals surface area contributed by atoms with Crippen molar-refractivity contribution in [3.8, 4) is 5.69 Å². The maximum atomic E-state index is 13.0. The molecule has 6 rings (SSSR count). The number of fused-ring (bicyclic) bond motifs is 1. The van der Waals surface area contributed by atoms with E-state index in [1.807, 2.05) is 55.6 Å². The molecule has 2 aromatic heterocycles. The first-order valence-corrected chi connectivity index (χ1v) is 14.3. The third kappa shape index (κ3) is 5.09. The van der Waals surface area contributed by atoms with E-state index in [4.69, 9.17) is 12.2 Å². The SMILES string of the molecule is Cc1ccccc1NC(=O)CCN1C(=S)N[C@H](c2ccccn2)[C@@H]1c1cc(C)n(-c2cccc3ccccc23)c1C. The van der Waals surface area contributed by atoms with E-state index in [9.17, 15) is 4.79 Å². The number of aryl methyl sites for hydroxylation is 2. The van der Waals surface area contributed by atoms with Crippen LogP contribution in [-0.2, 0) is 4.79 Å². The second-order valence-corrected chi connectivity index (χ2v) is 11.0. The topological polar surface area (TPSA) is 62.2 Å². The maximum Gasteiger partial charge on any atom is 0.226 e. The number of benzene rings is 3. The minimum atomic E-state index is -0.149. The van der Waals surface area contributed by atoms with Gasteiger partial charge >= 0.3 is 0 Å². The molecule has 206 valence electrons. The fourth-order valence-corrected chi connectivity index (χ4v) is 6.33. The molecule has 41 heavy (non-hydrogen) atoms. The van der Waals surface area contributed by atoms with E-state index >= 15 is 0 Å². The summed E-state index contributed by atoms with van der Waals surface area (Å²) in [5.41, 5.74) is 7.39. The third-order valence-electron chi connectivity index (χ3n) is 7.99.